The Labute approximate surface area is 221 Å². The number of hydrogen-bond acceptors (Lipinski definition) is 5. The van der Waals surface area contributed by atoms with Gasteiger partial charge in [0.1, 0.15) is 24.7 Å². The number of thiophene rings is 1. The Morgan fingerprint density at radius 2 is 2.00 bits per heavy atom. The van der Waals surface area contributed by atoms with Crippen LogP contribution >= 0.6 is 22.9 Å². The van der Waals surface area contributed by atoms with Crippen LogP contribution in [0.1, 0.15) is 45.7 Å². The van der Waals surface area contributed by atoms with E-state index < -0.39 is 0 Å². The van der Waals surface area contributed by atoms with Crippen LogP contribution in [-0.4, -0.2) is 55.0 Å². The zero-order chi connectivity index (χ0) is 25.7. The topological polar surface area (TPSA) is 59.1 Å². The Balaban J connectivity index is 1.52. The van der Waals surface area contributed by atoms with Crippen molar-refractivity contribution >= 4 is 34.8 Å². The number of aryl methyl sites for hydroxylation is 1. The molecule has 2 amide bonds. The fourth-order valence-electron chi connectivity index (χ4n) is 4.47. The van der Waals surface area contributed by atoms with Crippen molar-refractivity contribution < 1.29 is 19.1 Å². The highest BCUT2D eigenvalue weighted by atomic mass is 35.5. The average molecular weight is 527 g/mol. The molecule has 4 rings (SSSR count). The minimum Gasteiger partial charge on any atom is -0.497 e. The summed E-state index contributed by atoms with van der Waals surface area (Å²) in [5, 5.41) is 2.75. The number of halogens is 1. The first-order chi connectivity index (χ1) is 17.4. The van der Waals surface area contributed by atoms with Crippen molar-refractivity contribution in [1.29, 1.82) is 0 Å². The zero-order valence-electron chi connectivity index (χ0n) is 20.8. The fraction of sp³-hybridized carbons (Fsp3) is 0.357. The molecule has 1 aliphatic rings. The van der Waals surface area contributed by atoms with Crippen molar-refractivity contribution in [2.24, 2.45) is 0 Å². The highest BCUT2D eigenvalue weighted by Gasteiger charge is 2.33. The number of fused-ring (bicyclic) bond motifs is 1. The molecular weight excluding hydrogens is 496 g/mol. The van der Waals surface area contributed by atoms with Gasteiger partial charge in [-0.25, -0.2) is 0 Å². The van der Waals surface area contributed by atoms with Gasteiger partial charge in [0, 0.05) is 28.6 Å². The van der Waals surface area contributed by atoms with Crippen LogP contribution in [0.4, 0.5) is 0 Å². The average Bonchev–Trinajstić information content (AvgIpc) is 3.37. The summed E-state index contributed by atoms with van der Waals surface area (Å²) in [7, 11) is 1.57. The van der Waals surface area contributed by atoms with Gasteiger partial charge in [-0.05, 0) is 78.7 Å². The number of methoxy groups -OCH3 is 1. The van der Waals surface area contributed by atoms with E-state index in [0.29, 0.717) is 41.8 Å². The van der Waals surface area contributed by atoms with Crippen LogP contribution in [0.2, 0.25) is 5.02 Å². The van der Waals surface area contributed by atoms with E-state index in [2.05, 4.69) is 11.4 Å². The van der Waals surface area contributed by atoms with Gasteiger partial charge in [-0.15, -0.1) is 11.3 Å². The summed E-state index contributed by atoms with van der Waals surface area (Å²) in [6.45, 7) is 5.36. The van der Waals surface area contributed by atoms with E-state index in [9.17, 15) is 9.59 Å². The number of carbonyl (C=O) groups excluding carboxylic acids is 2. The maximum Gasteiger partial charge on any atom is 0.254 e. The summed E-state index contributed by atoms with van der Waals surface area (Å²) < 4.78 is 11.4. The summed E-state index contributed by atoms with van der Waals surface area (Å²) in [5.74, 6) is 1.06. The molecule has 1 aliphatic heterocycles. The fourth-order valence-corrected chi connectivity index (χ4v) is 5.52. The molecule has 190 valence electrons. The molecule has 3 aromatic rings. The lowest BCUT2D eigenvalue weighted by Crippen LogP contribution is -2.48. The maximum atomic E-state index is 13.6. The molecule has 0 spiro atoms. The van der Waals surface area contributed by atoms with Crippen LogP contribution in [0, 0.1) is 6.92 Å². The van der Waals surface area contributed by atoms with Gasteiger partial charge in [0.15, 0.2) is 0 Å². The van der Waals surface area contributed by atoms with Crippen molar-refractivity contribution in [3.8, 4) is 11.5 Å². The normalized spacial score (nSPS) is 14.8. The lowest BCUT2D eigenvalue weighted by Gasteiger charge is -2.37. The standard InChI is InChI=1S/C28H31ClN2O4S/c1-4-12-30(28(33)20-6-5-7-21(16-20)34-3)17-27(32)31-13-10-26-23(11-14-36-26)25(31)18-35-22-8-9-24(29)19(2)15-22/h5-9,11,14-16,25H,4,10,12-13,17-18H2,1-3H3/t25-/m1/s1. The SMILES string of the molecule is CCCN(CC(=O)N1CCc2sccc2[C@H]1COc1ccc(Cl)c(C)c1)C(=O)c1cccc(OC)c1. The minimum absolute atomic E-state index is 0.0138. The van der Waals surface area contributed by atoms with E-state index in [1.165, 1.54) is 4.88 Å². The predicted molar refractivity (Wildman–Crippen MR) is 143 cm³/mol. The van der Waals surface area contributed by atoms with Gasteiger partial charge in [-0.2, -0.15) is 0 Å². The molecule has 8 heteroatoms. The van der Waals surface area contributed by atoms with E-state index in [4.69, 9.17) is 21.1 Å². The molecule has 1 atom stereocenters. The molecule has 6 nitrogen and oxygen atoms in total. The molecule has 0 radical (unpaired) electrons. The number of rotatable bonds is 9. The lowest BCUT2D eigenvalue weighted by molar-refractivity contribution is -0.135. The number of amides is 2. The van der Waals surface area contributed by atoms with E-state index in [0.717, 1.165) is 24.0 Å². The van der Waals surface area contributed by atoms with Gasteiger partial charge in [-0.1, -0.05) is 24.6 Å². The highest BCUT2D eigenvalue weighted by molar-refractivity contribution is 7.10. The Morgan fingerprint density at radius 1 is 1.17 bits per heavy atom. The van der Waals surface area contributed by atoms with Gasteiger partial charge < -0.3 is 19.3 Å². The Hall–Kier alpha value is -3.03. The van der Waals surface area contributed by atoms with Crippen molar-refractivity contribution in [2.75, 3.05) is 33.4 Å². The van der Waals surface area contributed by atoms with E-state index in [-0.39, 0.29) is 24.4 Å². The number of ether oxygens (including phenoxy) is 2. The largest absolute Gasteiger partial charge is 0.497 e. The number of benzene rings is 2. The van der Waals surface area contributed by atoms with Crippen LogP contribution in [-0.2, 0) is 11.2 Å². The molecule has 0 fully saturated rings. The van der Waals surface area contributed by atoms with Gasteiger partial charge in [0.25, 0.3) is 5.91 Å². The van der Waals surface area contributed by atoms with Crippen LogP contribution in [0.25, 0.3) is 0 Å². The number of carbonyl (C=O) groups is 2. The number of hydrogen-bond donors (Lipinski definition) is 0. The molecule has 36 heavy (non-hydrogen) atoms. The zero-order valence-corrected chi connectivity index (χ0v) is 22.4. The van der Waals surface area contributed by atoms with Crippen molar-refractivity contribution in [3.63, 3.8) is 0 Å². The predicted octanol–water partition coefficient (Wildman–Crippen LogP) is 5.78. The van der Waals surface area contributed by atoms with Crippen LogP contribution < -0.4 is 9.47 Å². The second kappa shape index (κ2) is 11.8. The van der Waals surface area contributed by atoms with Crippen molar-refractivity contribution in [1.82, 2.24) is 9.80 Å². The summed E-state index contributed by atoms with van der Waals surface area (Å²) in [5.41, 5.74) is 2.56. The summed E-state index contributed by atoms with van der Waals surface area (Å²) in [6.07, 6.45) is 1.55. The highest BCUT2D eigenvalue weighted by Crippen LogP contribution is 2.34. The maximum absolute atomic E-state index is 13.6. The van der Waals surface area contributed by atoms with Crippen LogP contribution in [0.15, 0.2) is 53.9 Å². The molecule has 0 saturated carbocycles. The summed E-state index contributed by atoms with van der Waals surface area (Å²) in [6, 6.07) is 14.5. The summed E-state index contributed by atoms with van der Waals surface area (Å²) >= 11 is 7.87. The number of nitrogens with zero attached hydrogens (tertiary/aromatic N) is 2. The van der Waals surface area contributed by atoms with Crippen molar-refractivity contribution in [2.45, 2.75) is 32.7 Å². The Bertz CT molecular complexity index is 1230. The van der Waals surface area contributed by atoms with Gasteiger partial charge in [-0.3, -0.25) is 9.59 Å². The van der Waals surface area contributed by atoms with Gasteiger partial charge in [0.2, 0.25) is 5.91 Å². The molecule has 0 saturated heterocycles. The second-order valence-corrected chi connectivity index (χ2v) is 10.2. The van der Waals surface area contributed by atoms with Gasteiger partial charge >= 0.3 is 0 Å². The molecule has 0 unspecified atom stereocenters. The first-order valence-electron chi connectivity index (χ1n) is 12.1. The molecule has 1 aromatic heterocycles. The second-order valence-electron chi connectivity index (χ2n) is 8.83. The van der Waals surface area contributed by atoms with Gasteiger partial charge in [0.05, 0.1) is 13.2 Å². The first kappa shape index (κ1) is 26.0. The Morgan fingerprint density at radius 3 is 2.75 bits per heavy atom. The van der Waals surface area contributed by atoms with E-state index >= 15 is 0 Å². The summed E-state index contributed by atoms with van der Waals surface area (Å²) in [4.78, 5) is 31.7. The molecule has 2 heterocycles. The molecule has 2 aromatic carbocycles. The quantitative estimate of drug-likeness (QED) is 0.355. The Kier molecular flexibility index (Phi) is 8.54. The molecule has 0 bridgehead atoms. The minimum atomic E-state index is -0.223. The lowest BCUT2D eigenvalue weighted by atomic mass is 10.00. The third-order valence-electron chi connectivity index (χ3n) is 6.38. The van der Waals surface area contributed by atoms with Crippen LogP contribution in [0.3, 0.4) is 0 Å². The molecule has 0 N–H and O–H groups in total. The monoisotopic (exact) mass is 526 g/mol. The van der Waals surface area contributed by atoms with Crippen LogP contribution in [0.5, 0.6) is 11.5 Å². The van der Waals surface area contributed by atoms with Crippen molar-refractivity contribution in [3.05, 3.63) is 80.5 Å². The van der Waals surface area contributed by atoms with E-state index in [1.54, 1.807) is 47.6 Å². The molecule has 0 aliphatic carbocycles. The van der Waals surface area contributed by atoms with E-state index in [1.807, 2.05) is 36.9 Å². The third kappa shape index (κ3) is 5.85. The third-order valence-corrected chi connectivity index (χ3v) is 7.80. The molecular formula is C28H31ClN2O4S. The first-order valence-corrected chi connectivity index (χ1v) is 13.3. The smallest absolute Gasteiger partial charge is 0.254 e.